The predicted octanol–water partition coefficient (Wildman–Crippen LogP) is 2.72. The summed E-state index contributed by atoms with van der Waals surface area (Å²) in [4.78, 5) is 4.43. The summed E-state index contributed by atoms with van der Waals surface area (Å²) >= 11 is 1.71. The average molecular weight is 250 g/mol. The molecule has 2 aromatic rings. The Morgan fingerprint density at radius 2 is 2.35 bits per heavy atom. The molecule has 2 N–H and O–H groups in total. The van der Waals surface area contributed by atoms with Crippen LogP contribution < -0.4 is 5.32 Å². The largest absolute Gasteiger partial charge is 0.395 e. The van der Waals surface area contributed by atoms with Crippen LogP contribution in [0, 0.1) is 0 Å². The van der Waals surface area contributed by atoms with Crippen LogP contribution in [0.2, 0.25) is 0 Å². The van der Waals surface area contributed by atoms with E-state index in [1.165, 1.54) is 10.3 Å². The Hall–Kier alpha value is -0.970. The number of hydrogen-bond donors (Lipinski definition) is 2. The zero-order chi connectivity index (χ0) is 12.3. The van der Waals surface area contributed by atoms with E-state index >= 15 is 0 Å². The number of nitrogens with zero attached hydrogens (tertiary/aromatic N) is 1. The number of fused-ring (bicyclic) bond motifs is 1. The highest BCUT2D eigenvalue weighted by Gasteiger charge is 2.11. The first kappa shape index (κ1) is 12.5. The van der Waals surface area contributed by atoms with Gasteiger partial charge in [0.05, 0.1) is 16.8 Å². The van der Waals surface area contributed by atoms with E-state index in [0.29, 0.717) is 0 Å². The van der Waals surface area contributed by atoms with Gasteiger partial charge in [-0.3, -0.25) is 4.98 Å². The summed E-state index contributed by atoms with van der Waals surface area (Å²) in [5, 5.41) is 14.6. The van der Waals surface area contributed by atoms with Crippen molar-refractivity contribution >= 4 is 21.6 Å². The Bertz CT molecular complexity index is 479. The summed E-state index contributed by atoms with van der Waals surface area (Å²) in [6.45, 7) is 4.35. The second-order valence-corrected chi connectivity index (χ2v) is 5.20. The van der Waals surface area contributed by atoms with Crippen molar-refractivity contribution in [3.8, 4) is 0 Å². The van der Waals surface area contributed by atoms with Crippen LogP contribution in [0.25, 0.3) is 10.2 Å². The highest BCUT2D eigenvalue weighted by Crippen LogP contribution is 2.22. The second kappa shape index (κ2) is 5.58. The van der Waals surface area contributed by atoms with E-state index < -0.39 is 0 Å². The molecule has 4 heteroatoms. The Kier molecular flexibility index (Phi) is 4.10. The summed E-state index contributed by atoms with van der Waals surface area (Å²) in [6.07, 6.45) is 2.84. The Labute approximate surface area is 106 Å². The van der Waals surface area contributed by atoms with Crippen LogP contribution in [0.4, 0.5) is 0 Å². The lowest BCUT2D eigenvalue weighted by atomic mass is 10.1. The first-order chi connectivity index (χ1) is 8.24. The van der Waals surface area contributed by atoms with Gasteiger partial charge < -0.3 is 10.4 Å². The van der Waals surface area contributed by atoms with E-state index in [-0.39, 0.29) is 18.7 Å². The lowest BCUT2D eigenvalue weighted by Gasteiger charge is -2.20. The summed E-state index contributed by atoms with van der Waals surface area (Å²) in [6, 6.07) is 4.58. The molecule has 0 aliphatic heterocycles. The van der Waals surface area contributed by atoms with Crippen LogP contribution >= 0.6 is 11.3 Å². The third kappa shape index (κ3) is 2.83. The van der Waals surface area contributed by atoms with E-state index in [1.807, 2.05) is 12.3 Å². The molecule has 0 fully saturated rings. The molecular formula is C13H18N2OS. The lowest BCUT2D eigenvalue weighted by Crippen LogP contribution is -2.33. The molecule has 1 unspecified atom stereocenters. The highest BCUT2D eigenvalue weighted by atomic mass is 32.1. The van der Waals surface area contributed by atoms with Gasteiger partial charge in [0.25, 0.3) is 0 Å². The van der Waals surface area contributed by atoms with Gasteiger partial charge in [-0.25, -0.2) is 0 Å². The van der Waals surface area contributed by atoms with Crippen LogP contribution in [0.5, 0.6) is 0 Å². The minimum absolute atomic E-state index is 0.157. The maximum atomic E-state index is 9.18. The van der Waals surface area contributed by atoms with Crippen LogP contribution in [0.1, 0.15) is 31.9 Å². The molecule has 2 heterocycles. The van der Waals surface area contributed by atoms with Crippen molar-refractivity contribution in [2.24, 2.45) is 0 Å². The number of aliphatic hydroxyl groups is 1. The molecule has 92 valence electrons. The third-order valence-corrected chi connectivity index (χ3v) is 3.88. The van der Waals surface area contributed by atoms with Gasteiger partial charge in [-0.05, 0) is 36.4 Å². The minimum atomic E-state index is 0.157. The molecule has 2 aromatic heterocycles. The minimum Gasteiger partial charge on any atom is -0.395 e. The topological polar surface area (TPSA) is 45.1 Å². The van der Waals surface area contributed by atoms with Gasteiger partial charge >= 0.3 is 0 Å². The molecule has 17 heavy (non-hydrogen) atoms. The molecule has 2 rings (SSSR count). The fourth-order valence-corrected chi connectivity index (χ4v) is 2.64. The molecule has 0 aliphatic rings. The Morgan fingerprint density at radius 1 is 1.53 bits per heavy atom. The van der Waals surface area contributed by atoms with Gasteiger partial charge in [-0.2, -0.15) is 0 Å². The van der Waals surface area contributed by atoms with Gasteiger partial charge in [0.1, 0.15) is 0 Å². The monoisotopic (exact) mass is 250 g/mol. The standard InChI is InChI=1S/C13H18N2OS/c1-3-11(8-16)15-9(2)10-6-13-12(14-7-10)4-5-17-13/h4-7,9,11,15-16H,3,8H2,1-2H3/t9?,11-/m0/s1. The normalized spacial score (nSPS) is 15.0. The summed E-state index contributed by atoms with van der Waals surface area (Å²) in [5.74, 6) is 0. The molecular weight excluding hydrogens is 232 g/mol. The van der Waals surface area contributed by atoms with E-state index in [0.717, 1.165) is 11.9 Å². The Balaban J connectivity index is 2.14. The van der Waals surface area contributed by atoms with E-state index in [4.69, 9.17) is 0 Å². The lowest BCUT2D eigenvalue weighted by molar-refractivity contribution is 0.230. The number of rotatable bonds is 5. The van der Waals surface area contributed by atoms with E-state index in [2.05, 4.69) is 35.6 Å². The molecule has 0 amide bonds. The molecule has 0 aliphatic carbocycles. The number of hydrogen-bond acceptors (Lipinski definition) is 4. The molecule has 0 saturated carbocycles. The van der Waals surface area contributed by atoms with Crippen LogP contribution in [-0.2, 0) is 0 Å². The van der Waals surface area contributed by atoms with Gasteiger partial charge in [-0.15, -0.1) is 11.3 Å². The van der Waals surface area contributed by atoms with Crippen molar-refractivity contribution in [2.75, 3.05) is 6.61 Å². The number of pyridine rings is 1. The maximum Gasteiger partial charge on any atom is 0.0809 e. The number of aliphatic hydroxyl groups excluding tert-OH is 1. The summed E-state index contributed by atoms with van der Waals surface area (Å²) in [7, 11) is 0. The van der Waals surface area contributed by atoms with Crippen molar-refractivity contribution in [3.05, 3.63) is 29.3 Å². The van der Waals surface area contributed by atoms with Gasteiger partial charge in [0.2, 0.25) is 0 Å². The zero-order valence-corrected chi connectivity index (χ0v) is 11.0. The predicted molar refractivity (Wildman–Crippen MR) is 72.3 cm³/mol. The molecule has 0 saturated heterocycles. The summed E-state index contributed by atoms with van der Waals surface area (Å²) in [5.41, 5.74) is 2.23. The number of thiophene rings is 1. The van der Waals surface area contributed by atoms with Gasteiger partial charge in [0, 0.05) is 18.3 Å². The first-order valence-electron chi connectivity index (χ1n) is 5.94. The fraction of sp³-hybridized carbons (Fsp3) is 0.462. The van der Waals surface area contributed by atoms with Crippen molar-refractivity contribution in [1.29, 1.82) is 0 Å². The summed E-state index contributed by atoms with van der Waals surface area (Å²) < 4.78 is 1.22. The fourth-order valence-electron chi connectivity index (χ4n) is 1.85. The van der Waals surface area contributed by atoms with Gasteiger partial charge in [-0.1, -0.05) is 6.92 Å². The molecule has 3 nitrogen and oxygen atoms in total. The van der Waals surface area contributed by atoms with Crippen LogP contribution in [0.3, 0.4) is 0 Å². The molecule has 0 aromatic carbocycles. The van der Waals surface area contributed by atoms with Crippen molar-refractivity contribution in [1.82, 2.24) is 10.3 Å². The SMILES string of the molecule is CC[C@@H](CO)NC(C)c1cnc2ccsc2c1. The molecule has 0 bridgehead atoms. The quantitative estimate of drug-likeness (QED) is 0.857. The number of aromatic nitrogens is 1. The Morgan fingerprint density at radius 3 is 3.06 bits per heavy atom. The van der Waals surface area contributed by atoms with Crippen molar-refractivity contribution in [2.45, 2.75) is 32.4 Å². The second-order valence-electron chi connectivity index (χ2n) is 4.25. The highest BCUT2D eigenvalue weighted by molar-refractivity contribution is 7.17. The zero-order valence-electron chi connectivity index (χ0n) is 10.2. The average Bonchev–Trinajstić information content (AvgIpc) is 2.82. The molecule has 2 atom stereocenters. The first-order valence-corrected chi connectivity index (χ1v) is 6.82. The molecule has 0 radical (unpaired) electrons. The van der Waals surface area contributed by atoms with E-state index in [9.17, 15) is 5.11 Å². The van der Waals surface area contributed by atoms with E-state index in [1.54, 1.807) is 11.3 Å². The van der Waals surface area contributed by atoms with Gasteiger partial charge in [0.15, 0.2) is 0 Å². The molecule has 0 spiro atoms. The number of nitrogens with one attached hydrogen (secondary N) is 1. The van der Waals surface area contributed by atoms with Crippen molar-refractivity contribution < 1.29 is 5.11 Å². The maximum absolute atomic E-state index is 9.18. The van der Waals surface area contributed by atoms with Crippen LogP contribution in [-0.4, -0.2) is 22.7 Å². The van der Waals surface area contributed by atoms with Crippen molar-refractivity contribution in [3.63, 3.8) is 0 Å². The smallest absolute Gasteiger partial charge is 0.0809 e. The third-order valence-electron chi connectivity index (χ3n) is 3.02. The van der Waals surface area contributed by atoms with Crippen LogP contribution in [0.15, 0.2) is 23.7 Å².